The van der Waals surface area contributed by atoms with Gasteiger partial charge in [0, 0.05) is 63.6 Å². The van der Waals surface area contributed by atoms with Gasteiger partial charge in [-0.15, -0.1) is 0 Å². The second kappa shape index (κ2) is 7.45. The van der Waals surface area contributed by atoms with E-state index < -0.39 is 0 Å². The quantitative estimate of drug-likeness (QED) is 0.811. The van der Waals surface area contributed by atoms with Gasteiger partial charge in [0.05, 0.1) is 6.54 Å². The van der Waals surface area contributed by atoms with Gasteiger partial charge in [0.2, 0.25) is 5.91 Å². The Morgan fingerprint density at radius 2 is 1.91 bits per heavy atom. The van der Waals surface area contributed by atoms with Crippen molar-refractivity contribution in [3.05, 3.63) is 18.2 Å². The molecule has 3 rings (SSSR count). The fourth-order valence-corrected chi connectivity index (χ4v) is 3.13. The van der Waals surface area contributed by atoms with Crippen LogP contribution in [-0.4, -0.2) is 70.6 Å². The van der Waals surface area contributed by atoms with Crippen LogP contribution < -0.4 is 5.32 Å². The Morgan fingerprint density at radius 3 is 2.57 bits per heavy atom. The zero-order valence-corrected chi connectivity index (χ0v) is 14.4. The molecule has 0 radical (unpaired) electrons. The molecular formula is C17H29N5O. The van der Waals surface area contributed by atoms with E-state index in [4.69, 9.17) is 0 Å². The first-order valence-corrected chi connectivity index (χ1v) is 8.87. The molecule has 1 amide bonds. The van der Waals surface area contributed by atoms with Gasteiger partial charge in [-0.05, 0) is 12.8 Å². The number of aromatic nitrogens is 2. The van der Waals surface area contributed by atoms with Crippen LogP contribution >= 0.6 is 0 Å². The van der Waals surface area contributed by atoms with Crippen LogP contribution in [0.3, 0.4) is 0 Å². The zero-order valence-electron chi connectivity index (χ0n) is 14.4. The Labute approximate surface area is 138 Å². The molecule has 1 aliphatic heterocycles. The topological polar surface area (TPSA) is 53.4 Å². The number of nitrogens with zero attached hydrogens (tertiary/aromatic N) is 4. The van der Waals surface area contributed by atoms with Crippen LogP contribution in [0.1, 0.15) is 38.4 Å². The molecule has 6 nitrogen and oxygen atoms in total. The molecule has 0 bridgehead atoms. The van der Waals surface area contributed by atoms with Gasteiger partial charge in [0.25, 0.3) is 0 Å². The summed E-state index contributed by atoms with van der Waals surface area (Å²) in [6.45, 7) is 11.0. The summed E-state index contributed by atoms with van der Waals surface area (Å²) in [5.41, 5.74) is 0. The van der Waals surface area contributed by atoms with E-state index >= 15 is 0 Å². The second-order valence-electron chi connectivity index (χ2n) is 7.09. The summed E-state index contributed by atoms with van der Waals surface area (Å²) >= 11 is 0. The highest BCUT2D eigenvalue weighted by Crippen LogP contribution is 2.18. The number of imidazole rings is 1. The van der Waals surface area contributed by atoms with E-state index in [2.05, 4.69) is 44.7 Å². The third-order valence-electron chi connectivity index (χ3n) is 4.70. The van der Waals surface area contributed by atoms with Crippen molar-refractivity contribution in [3.8, 4) is 0 Å². The van der Waals surface area contributed by atoms with Gasteiger partial charge in [0.1, 0.15) is 5.82 Å². The van der Waals surface area contributed by atoms with Crippen molar-refractivity contribution in [2.24, 2.45) is 0 Å². The van der Waals surface area contributed by atoms with Crippen LogP contribution in [0.15, 0.2) is 12.4 Å². The summed E-state index contributed by atoms with van der Waals surface area (Å²) < 4.78 is 2.26. The minimum atomic E-state index is 0.195. The normalized spacial score (nSPS) is 20.1. The Balaban J connectivity index is 1.37. The lowest BCUT2D eigenvalue weighted by Crippen LogP contribution is -2.50. The van der Waals surface area contributed by atoms with E-state index in [0.29, 0.717) is 18.5 Å². The summed E-state index contributed by atoms with van der Waals surface area (Å²) in [5.74, 6) is 1.83. The molecule has 1 aromatic heterocycles. The number of hydrogen-bond acceptors (Lipinski definition) is 4. The number of nitrogens with one attached hydrogen (secondary N) is 1. The maximum atomic E-state index is 11.8. The first-order valence-electron chi connectivity index (χ1n) is 8.87. The van der Waals surface area contributed by atoms with Crippen molar-refractivity contribution in [2.45, 2.75) is 45.2 Å². The van der Waals surface area contributed by atoms with Crippen molar-refractivity contribution < 1.29 is 4.79 Å². The molecule has 23 heavy (non-hydrogen) atoms. The Morgan fingerprint density at radius 1 is 1.22 bits per heavy atom. The molecule has 1 saturated carbocycles. The van der Waals surface area contributed by atoms with E-state index in [1.807, 2.05) is 6.20 Å². The number of rotatable bonds is 7. The molecule has 6 heteroatoms. The predicted molar refractivity (Wildman–Crippen MR) is 90.4 cm³/mol. The average molecular weight is 319 g/mol. The minimum absolute atomic E-state index is 0.195. The Bertz CT molecular complexity index is 515. The van der Waals surface area contributed by atoms with Crippen molar-refractivity contribution in [3.63, 3.8) is 0 Å². The fourth-order valence-electron chi connectivity index (χ4n) is 3.13. The first-order chi connectivity index (χ1) is 11.1. The fraction of sp³-hybridized carbons (Fsp3) is 0.765. The summed E-state index contributed by atoms with van der Waals surface area (Å²) in [5, 5.41) is 3.07. The number of carbonyl (C=O) groups excluding carboxylic acids is 1. The van der Waals surface area contributed by atoms with Gasteiger partial charge in [0.15, 0.2) is 0 Å². The highest BCUT2D eigenvalue weighted by atomic mass is 16.2. The lowest BCUT2D eigenvalue weighted by Gasteiger charge is -2.34. The summed E-state index contributed by atoms with van der Waals surface area (Å²) in [7, 11) is 0. The Hall–Kier alpha value is -1.40. The predicted octanol–water partition coefficient (Wildman–Crippen LogP) is 0.903. The van der Waals surface area contributed by atoms with E-state index in [0.717, 1.165) is 52.1 Å². The van der Waals surface area contributed by atoms with Crippen LogP contribution in [0, 0.1) is 0 Å². The van der Waals surface area contributed by atoms with Gasteiger partial charge in [-0.2, -0.15) is 0 Å². The largest absolute Gasteiger partial charge is 0.352 e. The number of piperazine rings is 1. The summed E-state index contributed by atoms with van der Waals surface area (Å²) in [6.07, 6.45) is 6.29. The molecule has 1 saturated heterocycles. The van der Waals surface area contributed by atoms with Gasteiger partial charge < -0.3 is 9.88 Å². The van der Waals surface area contributed by atoms with Crippen molar-refractivity contribution in [1.29, 1.82) is 0 Å². The average Bonchev–Trinajstić information content (AvgIpc) is 3.20. The van der Waals surface area contributed by atoms with E-state index in [9.17, 15) is 4.79 Å². The van der Waals surface area contributed by atoms with Crippen LogP contribution in [0.25, 0.3) is 0 Å². The zero-order chi connectivity index (χ0) is 16.2. The number of amides is 1. The molecular weight excluding hydrogens is 290 g/mol. The van der Waals surface area contributed by atoms with E-state index in [-0.39, 0.29) is 5.91 Å². The highest BCUT2D eigenvalue weighted by molar-refractivity contribution is 5.78. The standard InChI is InChI=1S/C17H29N5O/c1-14(2)17-18-5-6-22(17)12-11-20-7-9-21(10-8-20)13-16(23)19-15-3-4-15/h5-6,14-15H,3-4,7-13H2,1-2H3,(H,19,23). The molecule has 1 aliphatic carbocycles. The lowest BCUT2D eigenvalue weighted by atomic mass is 10.2. The Kier molecular flexibility index (Phi) is 5.33. The lowest BCUT2D eigenvalue weighted by molar-refractivity contribution is -0.122. The van der Waals surface area contributed by atoms with E-state index in [1.165, 1.54) is 5.82 Å². The first kappa shape index (κ1) is 16.5. The minimum Gasteiger partial charge on any atom is -0.352 e. The van der Waals surface area contributed by atoms with E-state index in [1.54, 1.807) is 0 Å². The molecule has 0 aromatic carbocycles. The number of hydrogen-bond donors (Lipinski definition) is 1. The molecule has 1 N–H and O–H groups in total. The SMILES string of the molecule is CC(C)c1nccn1CCN1CCN(CC(=O)NC2CC2)CC1. The molecule has 0 spiro atoms. The molecule has 128 valence electrons. The van der Waals surface area contributed by atoms with Crippen LogP contribution in [0.4, 0.5) is 0 Å². The molecule has 2 fully saturated rings. The molecule has 0 atom stereocenters. The van der Waals surface area contributed by atoms with Crippen molar-refractivity contribution >= 4 is 5.91 Å². The summed E-state index contributed by atoms with van der Waals surface area (Å²) in [6, 6.07) is 0.467. The summed E-state index contributed by atoms with van der Waals surface area (Å²) in [4.78, 5) is 21.0. The van der Waals surface area contributed by atoms with Gasteiger partial charge in [-0.3, -0.25) is 14.6 Å². The maximum Gasteiger partial charge on any atom is 0.234 e. The smallest absolute Gasteiger partial charge is 0.234 e. The van der Waals surface area contributed by atoms with Crippen LogP contribution in [0.5, 0.6) is 0 Å². The monoisotopic (exact) mass is 319 g/mol. The molecule has 2 aliphatic rings. The molecule has 2 heterocycles. The highest BCUT2D eigenvalue weighted by Gasteiger charge is 2.25. The van der Waals surface area contributed by atoms with Gasteiger partial charge in [-0.25, -0.2) is 4.98 Å². The maximum absolute atomic E-state index is 11.8. The van der Waals surface area contributed by atoms with Gasteiger partial charge in [-0.1, -0.05) is 13.8 Å². The van der Waals surface area contributed by atoms with Crippen LogP contribution in [-0.2, 0) is 11.3 Å². The molecule has 0 unspecified atom stereocenters. The van der Waals surface area contributed by atoms with Crippen molar-refractivity contribution in [2.75, 3.05) is 39.3 Å². The third-order valence-corrected chi connectivity index (χ3v) is 4.70. The van der Waals surface area contributed by atoms with Crippen LogP contribution in [0.2, 0.25) is 0 Å². The van der Waals surface area contributed by atoms with Gasteiger partial charge >= 0.3 is 0 Å². The third kappa shape index (κ3) is 4.78. The number of carbonyl (C=O) groups is 1. The van der Waals surface area contributed by atoms with Crippen molar-refractivity contribution in [1.82, 2.24) is 24.7 Å². The second-order valence-corrected chi connectivity index (χ2v) is 7.09. The molecule has 1 aromatic rings.